The number of rotatable bonds is 4. The van der Waals surface area contributed by atoms with Gasteiger partial charge < -0.3 is 10.6 Å². The van der Waals surface area contributed by atoms with Crippen LogP contribution in [0.1, 0.15) is 57.3 Å². The van der Waals surface area contributed by atoms with E-state index in [0.29, 0.717) is 11.9 Å². The summed E-state index contributed by atoms with van der Waals surface area (Å²) < 4.78 is 0. The molecule has 1 aliphatic carbocycles. The highest BCUT2D eigenvalue weighted by atomic mass is 15.2. The number of aromatic nitrogens is 2. The summed E-state index contributed by atoms with van der Waals surface area (Å²) in [7, 11) is 2.16. The third kappa shape index (κ3) is 3.22. The van der Waals surface area contributed by atoms with E-state index in [-0.39, 0.29) is 0 Å². The number of aryl methyl sites for hydroxylation is 1. The molecule has 0 spiro atoms. The first-order valence-electron chi connectivity index (χ1n) is 7.88. The molecule has 0 aliphatic heterocycles. The first-order chi connectivity index (χ1) is 9.52. The van der Waals surface area contributed by atoms with Crippen molar-refractivity contribution >= 4 is 11.6 Å². The Hall–Kier alpha value is -1.32. The average molecular weight is 276 g/mol. The van der Waals surface area contributed by atoms with Crippen LogP contribution >= 0.6 is 0 Å². The molecular formula is C16H28N4. The molecule has 20 heavy (non-hydrogen) atoms. The molecule has 0 radical (unpaired) electrons. The van der Waals surface area contributed by atoms with Gasteiger partial charge in [-0.1, -0.05) is 26.7 Å². The normalized spacial score (nSPS) is 22.8. The quantitative estimate of drug-likeness (QED) is 0.916. The van der Waals surface area contributed by atoms with Gasteiger partial charge in [0.2, 0.25) is 0 Å². The first-order valence-corrected chi connectivity index (χ1v) is 7.88. The van der Waals surface area contributed by atoms with Crippen molar-refractivity contribution in [2.45, 2.75) is 65.3 Å². The Morgan fingerprint density at radius 3 is 2.70 bits per heavy atom. The number of nitrogens with zero attached hydrogens (tertiary/aromatic N) is 3. The van der Waals surface area contributed by atoms with E-state index < -0.39 is 0 Å². The van der Waals surface area contributed by atoms with Gasteiger partial charge in [0.15, 0.2) is 0 Å². The fourth-order valence-electron chi connectivity index (χ4n) is 3.17. The highest BCUT2D eigenvalue weighted by Crippen LogP contribution is 2.31. The van der Waals surface area contributed by atoms with Crippen molar-refractivity contribution in [2.75, 3.05) is 17.7 Å². The fraction of sp³-hybridized carbons (Fsp3) is 0.750. The molecule has 1 saturated carbocycles. The Bertz CT molecular complexity index is 458. The number of hydrogen-bond donors (Lipinski definition) is 1. The van der Waals surface area contributed by atoms with Crippen LogP contribution in [-0.4, -0.2) is 23.1 Å². The molecule has 1 aliphatic rings. The van der Waals surface area contributed by atoms with Crippen LogP contribution in [0.2, 0.25) is 0 Å². The summed E-state index contributed by atoms with van der Waals surface area (Å²) in [6, 6.07) is 0.584. The zero-order valence-corrected chi connectivity index (χ0v) is 13.3. The monoisotopic (exact) mass is 276 g/mol. The number of hydrogen-bond acceptors (Lipinski definition) is 4. The van der Waals surface area contributed by atoms with Gasteiger partial charge >= 0.3 is 0 Å². The van der Waals surface area contributed by atoms with Gasteiger partial charge in [0.05, 0.1) is 0 Å². The molecule has 0 amide bonds. The van der Waals surface area contributed by atoms with E-state index in [1.54, 1.807) is 0 Å². The third-order valence-electron chi connectivity index (χ3n) is 4.47. The van der Waals surface area contributed by atoms with Gasteiger partial charge in [-0.25, -0.2) is 9.97 Å². The van der Waals surface area contributed by atoms with Gasteiger partial charge in [-0.3, -0.25) is 0 Å². The van der Waals surface area contributed by atoms with Gasteiger partial charge in [0, 0.05) is 25.1 Å². The minimum Gasteiger partial charge on any atom is -0.383 e. The van der Waals surface area contributed by atoms with E-state index in [0.717, 1.165) is 36.0 Å². The van der Waals surface area contributed by atoms with Crippen LogP contribution in [0.15, 0.2) is 0 Å². The summed E-state index contributed by atoms with van der Waals surface area (Å²) in [4.78, 5) is 11.5. The molecule has 2 atom stereocenters. The smallest absolute Gasteiger partial charge is 0.137 e. The Morgan fingerprint density at radius 2 is 2.05 bits per heavy atom. The standard InChI is InChI=1S/C16H28N4/c1-5-7-14-18-15(17)12(3)16(19-14)20(4)13-9-6-8-11(2)10-13/h11,13H,5-10H2,1-4H3,(H2,17,18,19). The Kier molecular flexibility index (Phi) is 4.84. The molecule has 1 heterocycles. The minimum atomic E-state index is 0.584. The van der Waals surface area contributed by atoms with E-state index in [2.05, 4.69) is 30.8 Å². The summed E-state index contributed by atoms with van der Waals surface area (Å²) in [6.45, 7) is 6.53. The van der Waals surface area contributed by atoms with Gasteiger partial charge in [-0.15, -0.1) is 0 Å². The summed E-state index contributed by atoms with van der Waals surface area (Å²) in [5.74, 6) is 3.35. The SMILES string of the molecule is CCCc1nc(N)c(C)c(N(C)C2CCCC(C)C2)n1. The van der Waals surface area contributed by atoms with Crippen LogP contribution in [0, 0.1) is 12.8 Å². The molecule has 1 aromatic rings. The molecule has 0 bridgehead atoms. The number of nitrogen functional groups attached to an aromatic ring is 1. The minimum absolute atomic E-state index is 0.584. The van der Waals surface area contributed by atoms with Crippen molar-refractivity contribution in [2.24, 2.45) is 5.92 Å². The van der Waals surface area contributed by atoms with Gasteiger partial charge in [0.25, 0.3) is 0 Å². The second-order valence-electron chi connectivity index (χ2n) is 6.26. The maximum Gasteiger partial charge on any atom is 0.137 e. The van der Waals surface area contributed by atoms with E-state index in [9.17, 15) is 0 Å². The lowest BCUT2D eigenvalue weighted by atomic mass is 9.86. The lowest BCUT2D eigenvalue weighted by Gasteiger charge is -2.35. The molecular weight excluding hydrogens is 248 g/mol. The van der Waals surface area contributed by atoms with Gasteiger partial charge in [0.1, 0.15) is 17.5 Å². The molecule has 0 aromatic carbocycles. The Morgan fingerprint density at radius 1 is 1.30 bits per heavy atom. The van der Waals surface area contributed by atoms with E-state index in [4.69, 9.17) is 10.7 Å². The highest BCUT2D eigenvalue weighted by Gasteiger charge is 2.25. The van der Waals surface area contributed by atoms with Crippen molar-refractivity contribution in [3.63, 3.8) is 0 Å². The van der Waals surface area contributed by atoms with Crippen LogP contribution in [0.5, 0.6) is 0 Å². The molecule has 2 rings (SSSR count). The van der Waals surface area contributed by atoms with Gasteiger partial charge in [-0.05, 0) is 32.1 Å². The topological polar surface area (TPSA) is 55.0 Å². The van der Waals surface area contributed by atoms with Crippen molar-refractivity contribution in [3.8, 4) is 0 Å². The lowest BCUT2D eigenvalue weighted by Crippen LogP contribution is -2.36. The van der Waals surface area contributed by atoms with E-state index in [1.165, 1.54) is 25.7 Å². The zero-order chi connectivity index (χ0) is 14.7. The third-order valence-corrected chi connectivity index (χ3v) is 4.47. The summed E-state index contributed by atoms with van der Waals surface area (Å²) in [5.41, 5.74) is 7.09. The second kappa shape index (κ2) is 6.42. The van der Waals surface area contributed by atoms with Crippen LogP contribution < -0.4 is 10.6 Å². The van der Waals surface area contributed by atoms with Crippen LogP contribution in [0.3, 0.4) is 0 Å². The van der Waals surface area contributed by atoms with E-state index >= 15 is 0 Å². The summed E-state index contributed by atoms with van der Waals surface area (Å²) in [6.07, 6.45) is 7.13. The maximum atomic E-state index is 6.07. The number of nitrogens with two attached hydrogens (primary N) is 1. The molecule has 1 aromatic heterocycles. The van der Waals surface area contributed by atoms with Crippen LogP contribution in [-0.2, 0) is 6.42 Å². The molecule has 112 valence electrons. The maximum absolute atomic E-state index is 6.07. The predicted molar refractivity (Wildman–Crippen MR) is 85.0 cm³/mol. The van der Waals surface area contributed by atoms with E-state index in [1.807, 2.05) is 6.92 Å². The van der Waals surface area contributed by atoms with Crippen LogP contribution in [0.25, 0.3) is 0 Å². The highest BCUT2D eigenvalue weighted by molar-refractivity contribution is 5.56. The second-order valence-corrected chi connectivity index (χ2v) is 6.26. The fourth-order valence-corrected chi connectivity index (χ4v) is 3.17. The molecule has 4 heteroatoms. The Balaban J connectivity index is 2.25. The first kappa shape index (κ1) is 15.1. The molecule has 2 N–H and O–H groups in total. The van der Waals surface area contributed by atoms with Crippen LogP contribution in [0.4, 0.5) is 11.6 Å². The lowest BCUT2D eigenvalue weighted by molar-refractivity contribution is 0.335. The van der Waals surface area contributed by atoms with Crippen molar-refractivity contribution in [1.29, 1.82) is 0 Å². The molecule has 1 fully saturated rings. The van der Waals surface area contributed by atoms with Crippen molar-refractivity contribution in [1.82, 2.24) is 9.97 Å². The largest absolute Gasteiger partial charge is 0.383 e. The van der Waals surface area contributed by atoms with Crippen molar-refractivity contribution < 1.29 is 0 Å². The number of anilines is 2. The molecule has 4 nitrogen and oxygen atoms in total. The summed E-state index contributed by atoms with van der Waals surface area (Å²) >= 11 is 0. The predicted octanol–water partition coefficient (Wildman–Crippen LogP) is 3.33. The van der Waals surface area contributed by atoms with Gasteiger partial charge in [-0.2, -0.15) is 0 Å². The Labute approximate surface area is 122 Å². The van der Waals surface area contributed by atoms with Crippen molar-refractivity contribution in [3.05, 3.63) is 11.4 Å². The molecule has 0 saturated heterocycles. The zero-order valence-electron chi connectivity index (χ0n) is 13.3. The average Bonchev–Trinajstić information content (AvgIpc) is 2.42. The summed E-state index contributed by atoms with van der Waals surface area (Å²) in [5, 5.41) is 0. The molecule has 2 unspecified atom stereocenters.